The van der Waals surface area contributed by atoms with Gasteiger partial charge in [-0.2, -0.15) is 0 Å². The normalized spacial score (nSPS) is 11.5. The zero-order valence-corrected chi connectivity index (χ0v) is 13.2. The molecule has 0 saturated carbocycles. The summed E-state index contributed by atoms with van der Waals surface area (Å²) in [6, 6.07) is 1.88. The molecule has 0 aliphatic carbocycles. The van der Waals surface area contributed by atoms with Crippen molar-refractivity contribution in [2.75, 3.05) is 24.5 Å². The van der Waals surface area contributed by atoms with Crippen molar-refractivity contribution in [3.8, 4) is 0 Å². The van der Waals surface area contributed by atoms with Crippen molar-refractivity contribution in [3.05, 3.63) is 22.9 Å². The molecule has 0 saturated heterocycles. The van der Waals surface area contributed by atoms with Gasteiger partial charge in [0.1, 0.15) is 5.82 Å². The van der Waals surface area contributed by atoms with Crippen LogP contribution < -0.4 is 16.4 Å². The zero-order valence-electron chi connectivity index (χ0n) is 13.2. The van der Waals surface area contributed by atoms with Crippen LogP contribution in [0.4, 0.5) is 5.82 Å². The van der Waals surface area contributed by atoms with Gasteiger partial charge in [0, 0.05) is 18.8 Å². The molecule has 0 bridgehead atoms. The number of nitrogens with zero attached hydrogens (tertiary/aromatic N) is 2. The quantitative estimate of drug-likeness (QED) is 0.828. The number of carbonyl (C=O) groups is 1. The van der Waals surface area contributed by atoms with Gasteiger partial charge in [0.25, 0.3) is 5.91 Å². The second kappa shape index (κ2) is 6.22. The molecule has 0 aliphatic heterocycles. The van der Waals surface area contributed by atoms with Crippen molar-refractivity contribution in [1.82, 2.24) is 4.98 Å². The molecule has 4 N–H and O–H groups in total. The minimum absolute atomic E-state index is 0.0513. The van der Waals surface area contributed by atoms with Crippen molar-refractivity contribution < 1.29 is 4.79 Å². The topological polar surface area (TPSA) is 85.2 Å². The average molecular weight is 278 g/mol. The Bertz CT molecular complexity index is 497. The van der Waals surface area contributed by atoms with Gasteiger partial charge in [-0.25, -0.2) is 4.98 Å². The number of hydrogen-bond acceptors (Lipinski definition) is 4. The van der Waals surface area contributed by atoms with Crippen LogP contribution in [0.15, 0.2) is 6.07 Å². The van der Waals surface area contributed by atoms with Gasteiger partial charge < -0.3 is 16.4 Å². The Morgan fingerprint density at radius 2 is 2.00 bits per heavy atom. The molecule has 20 heavy (non-hydrogen) atoms. The first-order chi connectivity index (χ1) is 9.21. The van der Waals surface area contributed by atoms with Gasteiger partial charge in [-0.05, 0) is 44.4 Å². The highest BCUT2D eigenvalue weighted by Gasteiger charge is 2.24. The summed E-state index contributed by atoms with van der Waals surface area (Å²) < 4.78 is 0. The fourth-order valence-corrected chi connectivity index (χ4v) is 2.27. The second-order valence-corrected chi connectivity index (χ2v) is 6.03. The smallest absolute Gasteiger partial charge is 0.252 e. The monoisotopic (exact) mass is 278 g/mol. The molecule has 5 heteroatoms. The minimum Gasteiger partial charge on any atom is -0.365 e. The van der Waals surface area contributed by atoms with Crippen molar-refractivity contribution in [2.24, 2.45) is 16.9 Å². The maximum Gasteiger partial charge on any atom is 0.252 e. The molecule has 0 atom stereocenters. The number of hydrogen-bond donors (Lipinski definition) is 2. The van der Waals surface area contributed by atoms with Crippen LogP contribution in [0.25, 0.3) is 0 Å². The summed E-state index contributed by atoms with van der Waals surface area (Å²) in [4.78, 5) is 18.3. The third-order valence-corrected chi connectivity index (χ3v) is 3.42. The Morgan fingerprint density at radius 3 is 2.45 bits per heavy atom. The summed E-state index contributed by atoms with van der Waals surface area (Å²) in [5.74, 6) is 0.230. The van der Waals surface area contributed by atoms with Crippen LogP contribution >= 0.6 is 0 Å². The largest absolute Gasteiger partial charge is 0.365 e. The lowest BCUT2D eigenvalue weighted by Gasteiger charge is -2.33. The summed E-state index contributed by atoms with van der Waals surface area (Å²) in [6.45, 7) is 12.1. The molecule has 0 fully saturated rings. The zero-order chi connectivity index (χ0) is 15.5. The third-order valence-electron chi connectivity index (χ3n) is 3.42. The van der Waals surface area contributed by atoms with Gasteiger partial charge in [-0.3, -0.25) is 4.79 Å². The lowest BCUT2D eigenvalue weighted by Crippen LogP contribution is -2.40. The van der Waals surface area contributed by atoms with E-state index in [1.165, 1.54) is 0 Å². The van der Waals surface area contributed by atoms with Gasteiger partial charge in [0.2, 0.25) is 0 Å². The number of amides is 1. The fourth-order valence-electron chi connectivity index (χ4n) is 2.27. The van der Waals surface area contributed by atoms with Crippen LogP contribution in [-0.2, 0) is 0 Å². The molecule has 112 valence electrons. The number of anilines is 1. The van der Waals surface area contributed by atoms with Crippen molar-refractivity contribution in [2.45, 2.75) is 34.6 Å². The highest BCUT2D eigenvalue weighted by atomic mass is 16.1. The first kappa shape index (κ1) is 16.4. The van der Waals surface area contributed by atoms with E-state index in [4.69, 9.17) is 11.5 Å². The number of nitrogens with two attached hydrogens (primary N) is 2. The molecule has 1 amide bonds. The number of carbonyl (C=O) groups excluding carboxylic acids is 1. The van der Waals surface area contributed by atoms with Crippen LogP contribution in [0.2, 0.25) is 0 Å². The van der Waals surface area contributed by atoms with E-state index in [0.717, 1.165) is 24.3 Å². The predicted octanol–water partition coefficient (Wildman–Crippen LogP) is 1.61. The van der Waals surface area contributed by atoms with E-state index >= 15 is 0 Å². The third kappa shape index (κ3) is 3.70. The SMILES string of the molecule is CCN(CC(C)(C)CN)c1nc(C)cc(C)c1C(N)=O. The Kier molecular flexibility index (Phi) is 5.11. The summed E-state index contributed by atoms with van der Waals surface area (Å²) in [7, 11) is 0. The van der Waals surface area contributed by atoms with Crippen LogP contribution in [0.3, 0.4) is 0 Å². The van der Waals surface area contributed by atoms with Crippen molar-refractivity contribution in [3.63, 3.8) is 0 Å². The van der Waals surface area contributed by atoms with E-state index in [9.17, 15) is 4.79 Å². The van der Waals surface area contributed by atoms with Gasteiger partial charge in [0.15, 0.2) is 0 Å². The van der Waals surface area contributed by atoms with Crippen molar-refractivity contribution in [1.29, 1.82) is 0 Å². The fraction of sp³-hybridized carbons (Fsp3) is 0.600. The van der Waals surface area contributed by atoms with E-state index in [2.05, 4.69) is 23.7 Å². The number of rotatable bonds is 6. The summed E-state index contributed by atoms with van der Waals surface area (Å²) in [5.41, 5.74) is 13.5. The van der Waals surface area contributed by atoms with E-state index < -0.39 is 5.91 Å². The van der Waals surface area contributed by atoms with E-state index in [1.807, 2.05) is 26.8 Å². The lowest BCUT2D eigenvalue weighted by molar-refractivity contribution is 0.0999. The molecule has 0 radical (unpaired) electrons. The lowest BCUT2D eigenvalue weighted by atomic mass is 9.92. The molecule has 0 aliphatic rings. The standard InChI is InChI=1S/C15H26N4O/c1-6-19(9-15(4,5)8-16)14-12(13(17)20)10(2)7-11(3)18-14/h7H,6,8-9,16H2,1-5H3,(H2,17,20). The number of pyridine rings is 1. The van der Waals surface area contributed by atoms with Crippen LogP contribution in [-0.4, -0.2) is 30.5 Å². The molecule has 0 unspecified atom stereocenters. The van der Waals surface area contributed by atoms with Crippen molar-refractivity contribution >= 4 is 11.7 Å². The summed E-state index contributed by atoms with van der Waals surface area (Å²) >= 11 is 0. The Balaban J connectivity index is 3.31. The number of aryl methyl sites for hydroxylation is 2. The molecule has 1 rings (SSSR count). The predicted molar refractivity (Wildman–Crippen MR) is 83.0 cm³/mol. The Morgan fingerprint density at radius 1 is 1.40 bits per heavy atom. The average Bonchev–Trinajstić information content (AvgIpc) is 2.34. The van der Waals surface area contributed by atoms with Crippen LogP contribution in [0.1, 0.15) is 42.4 Å². The highest BCUT2D eigenvalue weighted by molar-refractivity contribution is 5.99. The molecule has 1 aromatic heterocycles. The minimum atomic E-state index is -0.436. The molecule has 1 aromatic rings. The summed E-state index contributed by atoms with van der Waals surface area (Å²) in [5, 5.41) is 0. The van der Waals surface area contributed by atoms with E-state index in [-0.39, 0.29) is 5.41 Å². The molecule has 1 heterocycles. The number of aromatic nitrogens is 1. The van der Waals surface area contributed by atoms with Gasteiger partial charge >= 0.3 is 0 Å². The van der Waals surface area contributed by atoms with Gasteiger partial charge in [-0.1, -0.05) is 13.8 Å². The highest BCUT2D eigenvalue weighted by Crippen LogP contribution is 2.25. The second-order valence-electron chi connectivity index (χ2n) is 6.03. The van der Waals surface area contributed by atoms with Crippen LogP contribution in [0.5, 0.6) is 0 Å². The molecule has 0 aromatic carbocycles. The summed E-state index contributed by atoms with van der Waals surface area (Å²) in [6.07, 6.45) is 0. The maximum atomic E-state index is 11.7. The molecule has 5 nitrogen and oxygen atoms in total. The molecular formula is C15H26N4O. The van der Waals surface area contributed by atoms with Gasteiger partial charge in [0.05, 0.1) is 5.56 Å². The van der Waals surface area contributed by atoms with E-state index in [0.29, 0.717) is 17.9 Å². The van der Waals surface area contributed by atoms with Gasteiger partial charge in [-0.15, -0.1) is 0 Å². The first-order valence-corrected chi connectivity index (χ1v) is 6.95. The van der Waals surface area contributed by atoms with E-state index in [1.54, 1.807) is 0 Å². The molecular weight excluding hydrogens is 252 g/mol. The number of primary amides is 1. The maximum absolute atomic E-state index is 11.7. The van der Waals surface area contributed by atoms with Crippen LogP contribution in [0, 0.1) is 19.3 Å². The Hall–Kier alpha value is -1.62. The Labute approximate surface area is 121 Å². The molecule has 0 spiro atoms. The first-order valence-electron chi connectivity index (χ1n) is 6.95.